The highest BCUT2D eigenvalue weighted by molar-refractivity contribution is 5.92. The van der Waals surface area contributed by atoms with E-state index in [2.05, 4.69) is 24.5 Å². The summed E-state index contributed by atoms with van der Waals surface area (Å²) in [6.45, 7) is 5.50. The number of hydrogen-bond acceptors (Lipinski definition) is 2. The minimum absolute atomic E-state index is 0. The first-order valence-corrected chi connectivity index (χ1v) is 6.23. The number of halogens is 1. The molecule has 0 bridgehead atoms. The third-order valence-electron chi connectivity index (χ3n) is 3.21. The van der Waals surface area contributed by atoms with Crippen molar-refractivity contribution in [3.63, 3.8) is 0 Å². The molecule has 18 heavy (non-hydrogen) atoms. The van der Waals surface area contributed by atoms with Crippen LogP contribution < -0.4 is 10.6 Å². The molecular formula is C14H21ClN2O. The van der Waals surface area contributed by atoms with Crippen LogP contribution in [0.15, 0.2) is 18.2 Å². The Hall–Kier alpha value is -1.06. The van der Waals surface area contributed by atoms with Gasteiger partial charge in [-0.3, -0.25) is 4.79 Å². The number of carbonyl (C=O) groups excluding carboxylic acids is 1. The highest BCUT2D eigenvalue weighted by Crippen LogP contribution is 2.27. The van der Waals surface area contributed by atoms with Gasteiger partial charge in [0.15, 0.2) is 0 Å². The highest BCUT2D eigenvalue weighted by atomic mass is 35.5. The molecule has 0 saturated heterocycles. The Bertz CT molecular complexity index is 416. The summed E-state index contributed by atoms with van der Waals surface area (Å²) in [4.78, 5) is 11.6. The number of hydrogen-bond donors (Lipinski definition) is 2. The van der Waals surface area contributed by atoms with Crippen LogP contribution in [0.3, 0.4) is 0 Å². The zero-order valence-electron chi connectivity index (χ0n) is 11.0. The maximum atomic E-state index is 11.6. The van der Waals surface area contributed by atoms with Gasteiger partial charge >= 0.3 is 0 Å². The van der Waals surface area contributed by atoms with Crippen LogP contribution in [0.25, 0.3) is 0 Å². The van der Waals surface area contributed by atoms with Crippen LogP contribution in [-0.2, 0) is 4.79 Å². The molecule has 0 heterocycles. The maximum absolute atomic E-state index is 11.6. The highest BCUT2D eigenvalue weighted by Gasteiger charge is 2.20. The summed E-state index contributed by atoms with van der Waals surface area (Å²) >= 11 is 0. The summed E-state index contributed by atoms with van der Waals surface area (Å²) in [5.74, 6) is 0.846. The van der Waals surface area contributed by atoms with E-state index in [1.807, 2.05) is 18.2 Å². The van der Waals surface area contributed by atoms with E-state index in [-0.39, 0.29) is 18.3 Å². The molecule has 0 aliphatic heterocycles. The van der Waals surface area contributed by atoms with Crippen molar-refractivity contribution in [2.24, 2.45) is 5.92 Å². The van der Waals surface area contributed by atoms with Gasteiger partial charge in [0.25, 0.3) is 0 Å². The first kappa shape index (κ1) is 15.0. The quantitative estimate of drug-likeness (QED) is 0.862. The van der Waals surface area contributed by atoms with Gasteiger partial charge in [-0.2, -0.15) is 0 Å². The number of carbonyl (C=O) groups is 1. The van der Waals surface area contributed by atoms with Gasteiger partial charge in [-0.1, -0.05) is 6.07 Å². The molecule has 2 rings (SSSR count). The second-order valence-corrected chi connectivity index (χ2v) is 4.92. The molecule has 0 aromatic heterocycles. The van der Waals surface area contributed by atoms with E-state index in [0.717, 1.165) is 18.2 Å². The molecule has 2 N–H and O–H groups in total. The van der Waals surface area contributed by atoms with E-state index in [9.17, 15) is 4.79 Å². The van der Waals surface area contributed by atoms with Crippen LogP contribution in [0.2, 0.25) is 0 Å². The lowest BCUT2D eigenvalue weighted by Crippen LogP contribution is -2.29. The van der Waals surface area contributed by atoms with Crippen molar-refractivity contribution in [2.75, 3.05) is 18.4 Å². The Kier molecular flexibility index (Phi) is 5.63. The Labute approximate surface area is 115 Å². The molecule has 1 aromatic carbocycles. The van der Waals surface area contributed by atoms with Crippen molar-refractivity contribution in [3.05, 3.63) is 29.3 Å². The molecular weight excluding hydrogens is 248 g/mol. The summed E-state index contributed by atoms with van der Waals surface area (Å²) < 4.78 is 0. The topological polar surface area (TPSA) is 41.1 Å². The van der Waals surface area contributed by atoms with Crippen LogP contribution in [0.5, 0.6) is 0 Å². The standard InChI is InChI=1S/C14H20N2O.ClH/c1-10-3-6-13(7-11(10)2)16-14(17)9-15-8-12-4-5-12;/h3,6-7,12,15H,4-5,8-9H2,1-2H3,(H,16,17);1H. The number of anilines is 1. The Morgan fingerprint density at radius 3 is 2.61 bits per heavy atom. The lowest BCUT2D eigenvalue weighted by molar-refractivity contribution is -0.115. The van der Waals surface area contributed by atoms with Crippen molar-refractivity contribution >= 4 is 24.0 Å². The number of nitrogens with one attached hydrogen (secondary N) is 2. The summed E-state index contributed by atoms with van der Waals surface area (Å²) in [6.07, 6.45) is 2.62. The average Bonchev–Trinajstić information content (AvgIpc) is 3.07. The van der Waals surface area contributed by atoms with Gasteiger partial charge in [0.2, 0.25) is 5.91 Å². The SMILES string of the molecule is Cc1ccc(NC(=O)CNCC2CC2)cc1C.Cl. The van der Waals surface area contributed by atoms with Crippen molar-refractivity contribution < 1.29 is 4.79 Å². The largest absolute Gasteiger partial charge is 0.325 e. The third-order valence-corrected chi connectivity index (χ3v) is 3.21. The maximum Gasteiger partial charge on any atom is 0.238 e. The van der Waals surface area contributed by atoms with Crippen molar-refractivity contribution in [1.82, 2.24) is 5.32 Å². The summed E-state index contributed by atoms with van der Waals surface area (Å²) in [6, 6.07) is 5.98. The summed E-state index contributed by atoms with van der Waals surface area (Å²) in [5, 5.41) is 6.08. The fourth-order valence-electron chi connectivity index (χ4n) is 1.74. The fraction of sp³-hybridized carbons (Fsp3) is 0.500. The van der Waals surface area contributed by atoms with Gasteiger partial charge in [0, 0.05) is 5.69 Å². The van der Waals surface area contributed by atoms with Crippen LogP contribution >= 0.6 is 12.4 Å². The van der Waals surface area contributed by atoms with E-state index in [1.165, 1.54) is 24.0 Å². The number of rotatable bonds is 5. The molecule has 1 amide bonds. The minimum atomic E-state index is 0. The smallest absolute Gasteiger partial charge is 0.238 e. The Morgan fingerprint density at radius 2 is 2.00 bits per heavy atom. The molecule has 0 unspecified atom stereocenters. The van der Waals surface area contributed by atoms with Gasteiger partial charge in [-0.15, -0.1) is 12.4 Å². The molecule has 4 heteroatoms. The molecule has 1 aromatic rings. The lowest BCUT2D eigenvalue weighted by Gasteiger charge is -2.08. The second kappa shape index (κ2) is 6.76. The van der Waals surface area contributed by atoms with E-state index >= 15 is 0 Å². The second-order valence-electron chi connectivity index (χ2n) is 4.92. The van der Waals surface area contributed by atoms with Gasteiger partial charge in [-0.25, -0.2) is 0 Å². The molecule has 100 valence electrons. The van der Waals surface area contributed by atoms with Crippen LogP contribution in [0.1, 0.15) is 24.0 Å². The first-order valence-electron chi connectivity index (χ1n) is 6.23. The van der Waals surface area contributed by atoms with Crippen LogP contribution in [-0.4, -0.2) is 19.0 Å². The number of benzene rings is 1. The van der Waals surface area contributed by atoms with Crippen LogP contribution in [0.4, 0.5) is 5.69 Å². The molecule has 0 radical (unpaired) electrons. The molecule has 1 aliphatic carbocycles. The van der Waals surface area contributed by atoms with E-state index in [4.69, 9.17) is 0 Å². The molecule has 3 nitrogen and oxygen atoms in total. The van der Waals surface area contributed by atoms with E-state index in [0.29, 0.717) is 6.54 Å². The normalized spacial score (nSPS) is 13.9. The van der Waals surface area contributed by atoms with E-state index in [1.54, 1.807) is 0 Å². The van der Waals surface area contributed by atoms with Crippen LogP contribution in [0, 0.1) is 19.8 Å². The first-order chi connectivity index (χ1) is 8.15. The van der Waals surface area contributed by atoms with Crippen molar-refractivity contribution in [3.8, 4) is 0 Å². The summed E-state index contributed by atoms with van der Waals surface area (Å²) in [7, 11) is 0. The average molecular weight is 269 g/mol. The zero-order valence-corrected chi connectivity index (χ0v) is 11.8. The van der Waals surface area contributed by atoms with Crippen molar-refractivity contribution in [2.45, 2.75) is 26.7 Å². The van der Waals surface area contributed by atoms with Gasteiger partial charge in [0.1, 0.15) is 0 Å². The zero-order chi connectivity index (χ0) is 12.3. The molecule has 0 atom stereocenters. The third kappa shape index (κ3) is 4.67. The predicted octanol–water partition coefficient (Wildman–Crippen LogP) is 2.66. The number of aryl methyl sites for hydroxylation is 2. The van der Waals surface area contributed by atoms with E-state index < -0.39 is 0 Å². The van der Waals surface area contributed by atoms with Crippen molar-refractivity contribution in [1.29, 1.82) is 0 Å². The molecule has 1 fully saturated rings. The molecule has 1 saturated carbocycles. The Morgan fingerprint density at radius 1 is 1.28 bits per heavy atom. The van der Waals surface area contributed by atoms with Gasteiger partial charge in [-0.05, 0) is 62.4 Å². The molecule has 0 spiro atoms. The lowest BCUT2D eigenvalue weighted by atomic mass is 10.1. The Balaban J connectivity index is 0.00000162. The monoisotopic (exact) mass is 268 g/mol. The van der Waals surface area contributed by atoms with Gasteiger partial charge < -0.3 is 10.6 Å². The summed E-state index contributed by atoms with van der Waals surface area (Å²) in [5.41, 5.74) is 3.33. The number of amides is 1. The predicted molar refractivity (Wildman–Crippen MR) is 77.4 cm³/mol. The minimum Gasteiger partial charge on any atom is -0.325 e. The molecule has 1 aliphatic rings. The fourth-order valence-corrected chi connectivity index (χ4v) is 1.74. The van der Waals surface area contributed by atoms with Gasteiger partial charge in [0.05, 0.1) is 6.54 Å².